The highest BCUT2D eigenvalue weighted by atomic mass is 16.4. The SMILES string of the molecule is CN[C@H](C(=O)N[C@H](C(=O)N(C)[C@H](/C=C(\C)C(=O)O)C(C)C)C(C)(C)C)C12CC3CC(CC(C3)C1)C2. The molecule has 2 amide bonds. The monoisotopic (exact) mass is 489 g/mol. The van der Waals surface area contributed by atoms with Crippen LogP contribution in [0.3, 0.4) is 0 Å². The molecule has 0 radical (unpaired) electrons. The van der Waals surface area contributed by atoms with Gasteiger partial charge in [0.15, 0.2) is 0 Å². The minimum absolute atomic E-state index is 0.0200. The number of nitrogens with one attached hydrogen (secondary N) is 2. The van der Waals surface area contributed by atoms with Crippen molar-refractivity contribution in [3.8, 4) is 0 Å². The number of hydrogen-bond donors (Lipinski definition) is 3. The number of amides is 2. The lowest BCUT2D eigenvalue weighted by atomic mass is 9.47. The van der Waals surface area contributed by atoms with E-state index in [0.29, 0.717) is 0 Å². The summed E-state index contributed by atoms with van der Waals surface area (Å²) in [4.78, 5) is 40.6. The largest absolute Gasteiger partial charge is 0.478 e. The van der Waals surface area contributed by atoms with Gasteiger partial charge in [-0.2, -0.15) is 0 Å². The topological polar surface area (TPSA) is 98.7 Å². The van der Waals surface area contributed by atoms with Crippen LogP contribution < -0.4 is 10.6 Å². The Morgan fingerprint density at radius 3 is 1.89 bits per heavy atom. The summed E-state index contributed by atoms with van der Waals surface area (Å²) >= 11 is 0. The van der Waals surface area contributed by atoms with Crippen LogP contribution in [-0.4, -0.2) is 60.0 Å². The fourth-order valence-electron chi connectivity index (χ4n) is 7.55. The predicted octanol–water partition coefficient (Wildman–Crippen LogP) is 3.84. The van der Waals surface area contributed by atoms with Gasteiger partial charge in [0.1, 0.15) is 6.04 Å². The first-order valence-electron chi connectivity index (χ1n) is 13.3. The Bertz CT molecular complexity index is 821. The van der Waals surface area contributed by atoms with E-state index in [4.69, 9.17) is 0 Å². The summed E-state index contributed by atoms with van der Waals surface area (Å²) in [5.41, 5.74) is -0.322. The molecule has 4 bridgehead atoms. The molecule has 0 aromatic rings. The van der Waals surface area contributed by atoms with Crippen LogP contribution in [0.15, 0.2) is 11.6 Å². The Labute approximate surface area is 211 Å². The van der Waals surface area contributed by atoms with Crippen LogP contribution in [0.5, 0.6) is 0 Å². The van der Waals surface area contributed by atoms with E-state index >= 15 is 0 Å². The summed E-state index contributed by atoms with van der Waals surface area (Å²) in [6.07, 6.45) is 8.86. The molecule has 4 aliphatic rings. The van der Waals surface area contributed by atoms with Gasteiger partial charge in [-0.15, -0.1) is 0 Å². The molecule has 4 fully saturated rings. The second-order valence-electron chi connectivity index (χ2n) is 13.1. The van der Waals surface area contributed by atoms with Crippen LogP contribution in [0.25, 0.3) is 0 Å². The third kappa shape index (κ3) is 5.76. The Kier molecular flexibility index (Phi) is 8.10. The molecule has 0 aromatic carbocycles. The van der Waals surface area contributed by atoms with E-state index in [0.717, 1.165) is 37.0 Å². The lowest BCUT2D eigenvalue weighted by molar-refractivity contribution is -0.144. The van der Waals surface area contributed by atoms with Gasteiger partial charge in [-0.25, -0.2) is 4.79 Å². The highest BCUT2D eigenvalue weighted by Gasteiger charge is 2.56. The first kappa shape index (κ1) is 27.7. The van der Waals surface area contributed by atoms with E-state index in [2.05, 4.69) is 10.6 Å². The average molecular weight is 490 g/mol. The average Bonchev–Trinajstić information content (AvgIpc) is 2.72. The number of carboxylic acids is 1. The molecule has 7 heteroatoms. The number of nitrogens with zero attached hydrogens (tertiary/aromatic N) is 1. The molecular weight excluding hydrogens is 442 g/mol. The molecule has 0 aromatic heterocycles. The van der Waals surface area contributed by atoms with Crippen molar-refractivity contribution in [1.29, 1.82) is 0 Å². The molecule has 198 valence electrons. The molecule has 4 saturated carbocycles. The molecule has 3 N–H and O–H groups in total. The number of hydrogen-bond acceptors (Lipinski definition) is 4. The quantitative estimate of drug-likeness (QED) is 0.428. The predicted molar refractivity (Wildman–Crippen MR) is 138 cm³/mol. The smallest absolute Gasteiger partial charge is 0.331 e. The van der Waals surface area contributed by atoms with Gasteiger partial charge in [-0.1, -0.05) is 40.7 Å². The van der Waals surface area contributed by atoms with Crippen LogP contribution in [0.4, 0.5) is 0 Å². The van der Waals surface area contributed by atoms with Crippen LogP contribution >= 0.6 is 0 Å². The highest BCUT2D eigenvalue weighted by molar-refractivity contribution is 5.91. The maximum Gasteiger partial charge on any atom is 0.331 e. The van der Waals surface area contributed by atoms with E-state index < -0.39 is 17.4 Å². The molecule has 7 nitrogen and oxygen atoms in total. The zero-order valence-corrected chi connectivity index (χ0v) is 23.0. The van der Waals surface area contributed by atoms with Crippen LogP contribution in [0.1, 0.15) is 80.1 Å². The third-order valence-corrected chi connectivity index (χ3v) is 8.88. The summed E-state index contributed by atoms with van der Waals surface area (Å²) in [5.74, 6) is 0.927. The van der Waals surface area contributed by atoms with Crippen molar-refractivity contribution in [2.24, 2.45) is 34.5 Å². The van der Waals surface area contributed by atoms with Crippen molar-refractivity contribution in [3.63, 3.8) is 0 Å². The summed E-state index contributed by atoms with van der Waals surface area (Å²) in [6.45, 7) is 11.4. The number of rotatable bonds is 9. The minimum atomic E-state index is -0.996. The molecule has 0 spiro atoms. The first-order valence-corrected chi connectivity index (χ1v) is 13.3. The normalized spacial score (nSPS) is 30.7. The van der Waals surface area contributed by atoms with Gasteiger partial charge in [-0.05, 0) is 87.0 Å². The third-order valence-electron chi connectivity index (χ3n) is 8.88. The van der Waals surface area contributed by atoms with E-state index in [9.17, 15) is 19.5 Å². The molecular formula is C28H47N3O4. The van der Waals surface area contributed by atoms with E-state index in [1.165, 1.54) is 19.3 Å². The Balaban J connectivity index is 1.83. The standard InChI is InChI=1S/C28H47N3O4/c1-16(2)21(9-17(3)26(34)35)31(8)25(33)23(27(4,5)6)30-24(32)22(29-7)28-13-18-10-19(14-28)12-20(11-18)15-28/h9,16,18-23,29H,10-15H2,1-8H3,(H,30,32)(H,34,35)/b17-9+/t18?,19?,20?,21-,22-,23-,28?/m1/s1. The zero-order chi connectivity index (χ0) is 26.3. The fraction of sp³-hybridized carbons (Fsp3) is 0.821. The molecule has 0 aliphatic heterocycles. The summed E-state index contributed by atoms with van der Waals surface area (Å²) in [7, 11) is 3.58. The van der Waals surface area contributed by atoms with Crippen LogP contribution in [0, 0.1) is 34.5 Å². The van der Waals surface area contributed by atoms with Gasteiger partial charge in [0.2, 0.25) is 11.8 Å². The second kappa shape index (κ2) is 10.2. The molecule has 35 heavy (non-hydrogen) atoms. The lowest BCUT2D eigenvalue weighted by Gasteiger charge is -2.59. The van der Waals surface area contributed by atoms with E-state index in [-0.39, 0.29) is 40.8 Å². The minimum Gasteiger partial charge on any atom is -0.478 e. The molecule has 0 unspecified atom stereocenters. The maximum atomic E-state index is 13.8. The molecule has 0 heterocycles. The van der Waals surface area contributed by atoms with Crippen molar-refractivity contribution in [1.82, 2.24) is 15.5 Å². The number of carboxylic acid groups (broad SMARTS) is 1. The maximum absolute atomic E-state index is 13.8. The first-order chi connectivity index (χ1) is 16.2. The van der Waals surface area contributed by atoms with Crippen molar-refractivity contribution < 1.29 is 19.5 Å². The molecule has 0 saturated heterocycles. The number of carbonyl (C=O) groups is 3. The van der Waals surface area contributed by atoms with Gasteiger partial charge in [0, 0.05) is 12.6 Å². The van der Waals surface area contributed by atoms with Crippen LogP contribution in [0.2, 0.25) is 0 Å². The van der Waals surface area contributed by atoms with E-state index in [1.54, 1.807) is 24.9 Å². The highest BCUT2D eigenvalue weighted by Crippen LogP contribution is 2.61. The summed E-state index contributed by atoms with van der Waals surface area (Å²) in [6, 6.07) is -1.41. The van der Waals surface area contributed by atoms with Crippen molar-refractivity contribution >= 4 is 17.8 Å². The molecule has 4 rings (SSSR count). The van der Waals surface area contributed by atoms with Crippen molar-refractivity contribution in [2.45, 2.75) is 98.2 Å². The van der Waals surface area contributed by atoms with Crippen LogP contribution in [-0.2, 0) is 14.4 Å². The van der Waals surface area contributed by atoms with Gasteiger partial charge >= 0.3 is 5.97 Å². The zero-order valence-electron chi connectivity index (χ0n) is 23.0. The van der Waals surface area contributed by atoms with Gasteiger partial charge in [0.05, 0.1) is 12.1 Å². The van der Waals surface area contributed by atoms with Crippen molar-refractivity contribution in [2.75, 3.05) is 14.1 Å². The number of carbonyl (C=O) groups excluding carboxylic acids is 2. The Morgan fingerprint density at radius 2 is 1.51 bits per heavy atom. The summed E-state index contributed by atoms with van der Waals surface area (Å²) < 4.78 is 0. The number of aliphatic carboxylic acids is 1. The summed E-state index contributed by atoms with van der Waals surface area (Å²) in [5, 5.41) is 15.9. The lowest BCUT2D eigenvalue weighted by Crippen LogP contribution is -2.64. The second-order valence-corrected chi connectivity index (χ2v) is 13.1. The number of likely N-dealkylation sites (N-methyl/N-ethyl adjacent to an activating group) is 2. The Hall–Kier alpha value is -1.89. The van der Waals surface area contributed by atoms with E-state index in [1.807, 2.05) is 41.7 Å². The van der Waals surface area contributed by atoms with Gasteiger partial charge < -0.3 is 20.6 Å². The Morgan fingerprint density at radius 1 is 1.03 bits per heavy atom. The fourth-order valence-corrected chi connectivity index (χ4v) is 7.55. The van der Waals surface area contributed by atoms with Gasteiger partial charge in [0.25, 0.3) is 0 Å². The van der Waals surface area contributed by atoms with Gasteiger partial charge in [-0.3, -0.25) is 9.59 Å². The van der Waals surface area contributed by atoms with Crippen molar-refractivity contribution in [3.05, 3.63) is 11.6 Å². The molecule has 4 aliphatic carbocycles. The molecule has 3 atom stereocenters.